The molecule has 1 amide bonds. The van der Waals surface area contributed by atoms with Crippen LogP contribution >= 0.6 is 12.4 Å². The number of carbonyl (C=O) groups is 1. The Balaban J connectivity index is 0.00000289. The monoisotopic (exact) mass is 460 g/mol. The number of aromatic nitrogens is 2. The van der Waals surface area contributed by atoms with E-state index in [4.69, 9.17) is 9.47 Å². The summed E-state index contributed by atoms with van der Waals surface area (Å²) in [5.41, 5.74) is 2.38. The lowest BCUT2D eigenvalue weighted by atomic mass is 9.91. The van der Waals surface area contributed by atoms with Crippen molar-refractivity contribution >= 4 is 24.0 Å². The van der Waals surface area contributed by atoms with Crippen molar-refractivity contribution in [1.82, 2.24) is 15.1 Å². The van der Waals surface area contributed by atoms with Gasteiger partial charge < -0.3 is 20.1 Å². The third kappa shape index (κ3) is 4.87. The molecule has 0 saturated carbocycles. The number of amides is 1. The minimum atomic E-state index is -0.349. The van der Waals surface area contributed by atoms with Crippen molar-refractivity contribution in [3.8, 4) is 17.2 Å². The number of ether oxygens (including phenoxy) is 2. The summed E-state index contributed by atoms with van der Waals surface area (Å²) in [6, 6.07) is 11.4. The van der Waals surface area contributed by atoms with Gasteiger partial charge in [0.1, 0.15) is 17.3 Å². The molecule has 2 heterocycles. The first kappa shape index (κ1) is 23.6. The summed E-state index contributed by atoms with van der Waals surface area (Å²) in [5.74, 6) is 0.612. The molecule has 0 bridgehead atoms. The number of halogens is 2. The maximum absolute atomic E-state index is 13.9. The second-order valence-electron chi connectivity index (χ2n) is 7.38. The normalized spacial score (nSPS) is 13.8. The maximum Gasteiger partial charge on any atom is 0.259 e. The average Bonchev–Trinajstić information content (AvgIpc) is 3.25. The number of piperidine rings is 1. The predicted octanol–water partition coefficient (Wildman–Crippen LogP) is 4.17. The van der Waals surface area contributed by atoms with Crippen molar-refractivity contribution in [2.75, 3.05) is 32.6 Å². The number of carbonyl (C=O) groups excluding carboxylic acids is 1. The van der Waals surface area contributed by atoms with Crippen molar-refractivity contribution in [3.63, 3.8) is 0 Å². The summed E-state index contributed by atoms with van der Waals surface area (Å²) in [6.07, 6.45) is 3.29. The Kier molecular flexibility index (Phi) is 7.71. The van der Waals surface area contributed by atoms with Crippen LogP contribution in [0, 0.1) is 5.82 Å². The second kappa shape index (κ2) is 10.5. The van der Waals surface area contributed by atoms with Gasteiger partial charge in [0.15, 0.2) is 0 Å². The standard InChI is InChI=1S/C23H25FN4O3.ClH/c1-30-18-6-7-20(21(13-18)31-2)27-23(29)19-14-26-28(17-5-3-4-16(24)12-17)22(19)15-8-10-25-11-9-15;/h3-7,12-15,25H,8-11H2,1-2H3,(H,27,29);1H. The van der Waals surface area contributed by atoms with E-state index in [0.717, 1.165) is 31.6 Å². The zero-order valence-corrected chi connectivity index (χ0v) is 18.7. The molecule has 0 atom stereocenters. The summed E-state index contributed by atoms with van der Waals surface area (Å²) in [4.78, 5) is 13.3. The lowest BCUT2D eigenvalue weighted by Gasteiger charge is -2.24. The Morgan fingerprint density at radius 1 is 1.16 bits per heavy atom. The molecule has 7 nitrogen and oxygen atoms in total. The van der Waals surface area contributed by atoms with Crippen molar-refractivity contribution in [2.24, 2.45) is 0 Å². The number of nitrogens with one attached hydrogen (secondary N) is 2. The highest BCUT2D eigenvalue weighted by Gasteiger charge is 2.27. The molecule has 4 rings (SSSR count). The van der Waals surface area contributed by atoms with Gasteiger partial charge in [0.2, 0.25) is 0 Å². The highest BCUT2D eigenvalue weighted by atomic mass is 35.5. The van der Waals surface area contributed by atoms with Gasteiger partial charge in [-0.3, -0.25) is 4.79 Å². The molecule has 3 aromatic rings. The van der Waals surface area contributed by atoms with E-state index < -0.39 is 0 Å². The van der Waals surface area contributed by atoms with E-state index in [1.807, 2.05) is 0 Å². The van der Waals surface area contributed by atoms with Crippen LogP contribution < -0.4 is 20.1 Å². The Labute approximate surface area is 192 Å². The van der Waals surface area contributed by atoms with Gasteiger partial charge in [-0.25, -0.2) is 9.07 Å². The number of nitrogens with zero attached hydrogens (tertiary/aromatic N) is 2. The smallest absolute Gasteiger partial charge is 0.259 e. The molecule has 2 aromatic carbocycles. The first-order valence-corrected chi connectivity index (χ1v) is 10.2. The summed E-state index contributed by atoms with van der Waals surface area (Å²) >= 11 is 0. The Bertz CT molecular complexity index is 1080. The van der Waals surface area contributed by atoms with Crippen molar-refractivity contribution in [1.29, 1.82) is 0 Å². The molecule has 1 fully saturated rings. The van der Waals surface area contributed by atoms with E-state index >= 15 is 0 Å². The fourth-order valence-corrected chi connectivity index (χ4v) is 3.93. The first-order chi connectivity index (χ1) is 15.1. The minimum Gasteiger partial charge on any atom is -0.497 e. The van der Waals surface area contributed by atoms with E-state index in [1.165, 1.54) is 19.2 Å². The number of anilines is 1. The molecule has 170 valence electrons. The van der Waals surface area contributed by atoms with E-state index in [1.54, 1.807) is 48.3 Å². The summed E-state index contributed by atoms with van der Waals surface area (Å²) in [5, 5.41) is 10.7. The molecule has 1 saturated heterocycles. The van der Waals surface area contributed by atoms with Crippen LogP contribution in [0.25, 0.3) is 5.69 Å². The first-order valence-electron chi connectivity index (χ1n) is 10.2. The molecule has 1 aliphatic heterocycles. The zero-order chi connectivity index (χ0) is 21.8. The quantitative estimate of drug-likeness (QED) is 0.577. The number of benzene rings is 2. The van der Waals surface area contributed by atoms with Gasteiger partial charge in [0.25, 0.3) is 5.91 Å². The van der Waals surface area contributed by atoms with Gasteiger partial charge in [-0.05, 0) is 56.3 Å². The van der Waals surface area contributed by atoms with Crippen LogP contribution in [0.3, 0.4) is 0 Å². The van der Waals surface area contributed by atoms with Gasteiger partial charge in [-0.15, -0.1) is 12.4 Å². The third-order valence-corrected chi connectivity index (χ3v) is 5.49. The molecular formula is C23H26ClFN4O3. The zero-order valence-electron chi connectivity index (χ0n) is 17.9. The highest BCUT2D eigenvalue weighted by Crippen LogP contribution is 2.33. The van der Waals surface area contributed by atoms with Crippen LogP contribution in [-0.4, -0.2) is 43.0 Å². The highest BCUT2D eigenvalue weighted by molar-refractivity contribution is 6.06. The SMILES string of the molecule is COc1ccc(NC(=O)c2cnn(-c3cccc(F)c3)c2C2CCNCC2)c(OC)c1.Cl. The van der Waals surface area contributed by atoms with E-state index in [-0.39, 0.29) is 30.0 Å². The second-order valence-corrected chi connectivity index (χ2v) is 7.38. The Morgan fingerprint density at radius 3 is 2.62 bits per heavy atom. The number of methoxy groups -OCH3 is 2. The van der Waals surface area contributed by atoms with E-state index in [0.29, 0.717) is 28.4 Å². The van der Waals surface area contributed by atoms with Crippen LogP contribution in [-0.2, 0) is 0 Å². The van der Waals surface area contributed by atoms with Gasteiger partial charge >= 0.3 is 0 Å². The molecule has 0 spiro atoms. The fourth-order valence-electron chi connectivity index (χ4n) is 3.93. The number of hydrogen-bond acceptors (Lipinski definition) is 5. The van der Waals surface area contributed by atoms with Crippen molar-refractivity contribution in [3.05, 3.63) is 65.7 Å². The molecule has 32 heavy (non-hydrogen) atoms. The third-order valence-electron chi connectivity index (χ3n) is 5.49. The summed E-state index contributed by atoms with van der Waals surface area (Å²) in [7, 11) is 3.10. The molecule has 1 aromatic heterocycles. The Morgan fingerprint density at radius 2 is 1.94 bits per heavy atom. The van der Waals surface area contributed by atoms with Crippen LogP contribution in [0.5, 0.6) is 11.5 Å². The molecular weight excluding hydrogens is 435 g/mol. The molecule has 2 N–H and O–H groups in total. The minimum absolute atomic E-state index is 0. The van der Waals surface area contributed by atoms with Crippen molar-refractivity contribution < 1.29 is 18.7 Å². The van der Waals surface area contributed by atoms with E-state index in [9.17, 15) is 9.18 Å². The van der Waals surface area contributed by atoms with Gasteiger partial charge in [-0.1, -0.05) is 6.07 Å². The van der Waals surface area contributed by atoms with Crippen LogP contribution in [0.1, 0.15) is 34.8 Å². The van der Waals surface area contributed by atoms with Crippen molar-refractivity contribution in [2.45, 2.75) is 18.8 Å². The number of hydrogen-bond donors (Lipinski definition) is 2. The largest absolute Gasteiger partial charge is 0.497 e. The van der Waals surface area contributed by atoms with Gasteiger partial charge in [0, 0.05) is 12.0 Å². The molecule has 9 heteroatoms. The van der Waals surface area contributed by atoms with E-state index in [2.05, 4.69) is 15.7 Å². The lowest BCUT2D eigenvalue weighted by Crippen LogP contribution is -2.29. The van der Waals surface area contributed by atoms with Crippen LogP contribution in [0.2, 0.25) is 0 Å². The maximum atomic E-state index is 13.9. The van der Waals surface area contributed by atoms with Crippen LogP contribution in [0.15, 0.2) is 48.7 Å². The number of rotatable bonds is 6. The molecule has 0 unspecified atom stereocenters. The fraction of sp³-hybridized carbons (Fsp3) is 0.304. The topological polar surface area (TPSA) is 77.4 Å². The molecule has 0 aliphatic carbocycles. The summed E-state index contributed by atoms with van der Waals surface area (Å²) in [6.45, 7) is 1.71. The van der Waals surface area contributed by atoms with Gasteiger partial charge in [-0.2, -0.15) is 5.10 Å². The molecule has 0 radical (unpaired) electrons. The average molecular weight is 461 g/mol. The summed E-state index contributed by atoms with van der Waals surface area (Å²) < 4.78 is 26.2. The molecule has 1 aliphatic rings. The van der Waals surface area contributed by atoms with Gasteiger partial charge in [0.05, 0.1) is 43.0 Å². The predicted molar refractivity (Wildman–Crippen MR) is 123 cm³/mol. The Hall–Kier alpha value is -3.10. The van der Waals surface area contributed by atoms with Crippen LogP contribution in [0.4, 0.5) is 10.1 Å². The lowest BCUT2D eigenvalue weighted by molar-refractivity contribution is 0.102.